The number of carbonyl (C=O) groups excluding carboxylic acids is 3. The third-order valence-corrected chi connectivity index (χ3v) is 8.49. The molecule has 5 rings (SSSR count). The monoisotopic (exact) mass is 678 g/mol. The number of hydrogen-bond acceptors (Lipinski definition) is 8. The topological polar surface area (TPSA) is 119 Å². The fourth-order valence-corrected chi connectivity index (χ4v) is 5.86. The number of thiazole rings is 1. The van der Waals surface area contributed by atoms with Crippen molar-refractivity contribution in [1.29, 1.82) is 0 Å². The summed E-state index contributed by atoms with van der Waals surface area (Å²) in [6.45, 7) is 4.99. The molecule has 5 aromatic rings. The SMILES string of the molecule is CCOc1ccc(/C=C(\NC(=O)c2ccccc2)C(=O)Nc2ccc(SCC(=O)Nc3nc(-c4ccc(OCC)cc4)cs3)cc2)cc1. The normalized spacial score (nSPS) is 11.0. The van der Waals surface area contributed by atoms with Gasteiger partial charge in [0.25, 0.3) is 11.8 Å². The second-order valence-corrected chi connectivity index (χ2v) is 12.1. The number of amides is 3. The zero-order valence-electron chi connectivity index (χ0n) is 26.4. The average Bonchev–Trinajstić information content (AvgIpc) is 3.57. The van der Waals surface area contributed by atoms with Gasteiger partial charge in [0.15, 0.2) is 5.13 Å². The molecule has 3 N–H and O–H groups in total. The van der Waals surface area contributed by atoms with Gasteiger partial charge in [0.2, 0.25) is 5.91 Å². The number of nitrogens with zero attached hydrogens (tertiary/aromatic N) is 1. The largest absolute Gasteiger partial charge is 0.494 e. The highest BCUT2D eigenvalue weighted by Crippen LogP contribution is 2.27. The van der Waals surface area contributed by atoms with Crippen molar-refractivity contribution in [3.05, 3.63) is 125 Å². The predicted octanol–water partition coefficient (Wildman–Crippen LogP) is 7.75. The minimum absolute atomic E-state index is 0.0796. The van der Waals surface area contributed by atoms with Gasteiger partial charge in [0.1, 0.15) is 17.2 Å². The summed E-state index contributed by atoms with van der Waals surface area (Å²) in [5, 5.41) is 10.9. The van der Waals surface area contributed by atoms with E-state index in [0.29, 0.717) is 40.9 Å². The van der Waals surface area contributed by atoms with Gasteiger partial charge in [-0.2, -0.15) is 0 Å². The Labute approximate surface area is 287 Å². The molecule has 0 bridgehead atoms. The van der Waals surface area contributed by atoms with Crippen molar-refractivity contribution in [3.8, 4) is 22.8 Å². The lowest BCUT2D eigenvalue weighted by atomic mass is 10.1. The molecule has 4 aromatic carbocycles. The second kappa shape index (κ2) is 17.0. The van der Waals surface area contributed by atoms with Crippen molar-refractivity contribution >= 4 is 57.7 Å². The summed E-state index contributed by atoms with van der Waals surface area (Å²) in [4.78, 5) is 44.3. The molecule has 0 aliphatic rings. The summed E-state index contributed by atoms with van der Waals surface area (Å²) in [5.74, 6) is 0.625. The van der Waals surface area contributed by atoms with Crippen LogP contribution in [-0.4, -0.2) is 41.7 Å². The van der Waals surface area contributed by atoms with Crippen molar-refractivity contribution in [3.63, 3.8) is 0 Å². The zero-order valence-corrected chi connectivity index (χ0v) is 28.0. The molecular weight excluding hydrogens is 645 g/mol. The van der Waals surface area contributed by atoms with Crippen LogP contribution >= 0.6 is 23.1 Å². The molecule has 0 saturated carbocycles. The van der Waals surface area contributed by atoms with Crippen LogP contribution in [0.15, 0.2) is 119 Å². The Kier molecular flexibility index (Phi) is 12.0. The van der Waals surface area contributed by atoms with Gasteiger partial charge < -0.3 is 25.4 Å². The second-order valence-electron chi connectivity index (χ2n) is 10.2. The highest BCUT2D eigenvalue weighted by molar-refractivity contribution is 8.00. The van der Waals surface area contributed by atoms with E-state index in [2.05, 4.69) is 20.9 Å². The summed E-state index contributed by atoms with van der Waals surface area (Å²) < 4.78 is 11.0. The van der Waals surface area contributed by atoms with Crippen LogP contribution in [0.3, 0.4) is 0 Å². The van der Waals surface area contributed by atoms with Crippen LogP contribution in [0, 0.1) is 0 Å². The Morgan fingerprint density at radius 3 is 2.08 bits per heavy atom. The van der Waals surface area contributed by atoms with E-state index in [1.807, 2.05) is 73.8 Å². The van der Waals surface area contributed by atoms with E-state index in [-0.39, 0.29) is 17.4 Å². The number of nitrogens with one attached hydrogen (secondary N) is 3. The molecule has 9 nitrogen and oxygen atoms in total. The van der Waals surface area contributed by atoms with Crippen LogP contribution in [-0.2, 0) is 9.59 Å². The zero-order chi connectivity index (χ0) is 33.7. The van der Waals surface area contributed by atoms with Gasteiger partial charge in [-0.15, -0.1) is 23.1 Å². The standard InChI is InChI=1S/C37H34N4O5S2/c1-3-45-29-16-10-25(11-17-29)22-32(39-35(43)27-8-6-5-7-9-27)36(44)38-28-14-20-31(21-15-28)47-24-34(42)41-37-40-33(23-48-37)26-12-18-30(19-13-26)46-4-2/h5-23H,3-4,24H2,1-2H3,(H,38,44)(H,39,43)(H,40,41,42)/b32-22-. The molecular formula is C37H34N4O5S2. The molecule has 11 heteroatoms. The van der Waals surface area contributed by atoms with Gasteiger partial charge in [-0.1, -0.05) is 30.3 Å². The minimum atomic E-state index is -0.485. The average molecular weight is 679 g/mol. The molecule has 1 heterocycles. The van der Waals surface area contributed by atoms with Crippen LogP contribution in [0.1, 0.15) is 29.8 Å². The first kappa shape index (κ1) is 34.0. The van der Waals surface area contributed by atoms with Crippen LogP contribution in [0.25, 0.3) is 17.3 Å². The number of anilines is 2. The molecule has 0 spiro atoms. The third-order valence-electron chi connectivity index (χ3n) is 6.72. The third kappa shape index (κ3) is 9.81. The molecule has 3 amide bonds. The summed E-state index contributed by atoms with van der Waals surface area (Å²) >= 11 is 2.73. The summed E-state index contributed by atoms with van der Waals surface area (Å²) in [6, 6.07) is 30.7. The fourth-order valence-electron chi connectivity index (χ4n) is 4.43. The van der Waals surface area contributed by atoms with Gasteiger partial charge in [0, 0.05) is 27.1 Å². The highest BCUT2D eigenvalue weighted by atomic mass is 32.2. The lowest BCUT2D eigenvalue weighted by molar-refractivity contribution is -0.114. The van der Waals surface area contributed by atoms with Crippen LogP contribution in [0.2, 0.25) is 0 Å². The Morgan fingerprint density at radius 1 is 0.792 bits per heavy atom. The summed E-state index contributed by atoms with van der Waals surface area (Å²) in [7, 11) is 0. The van der Waals surface area contributed by atoms with Crippen molar-refractivity contribution in [2.45, 2.75) is 18.7 Å². The van der Waals surface area contributed by atoms with Crippen LogP contribution in [0.5, 0.6) is 11.5 Å². The molecule has 1 aromatic heterocycles. The Morgan fingerprint density at radius 2 is 1.44 bits per heavy atom. The molecule has 48 heavy (non-hydrogen) atoms. The number of rotatable bonds is 14. The van der Waals surface area contributed by atoms with E-state index >= 15 is 0 Å². The maximum Gasteiger partial charge on any atom is 0.272 e. The molecule has 0 atom stereocenters. The lowest BCUT2D eigenvalue weighted by Gasteiger charge is -2.12. The van der Waals surface area contributed by atoms with E-state index < -0.39 is 11.8 Å². The first-order valence-corrected chi connectivity index (χ1v) is 17.1. The highest BCUT2D eigenvalue weighted by Gasteiger charge is 2.16. The van der Waals surface area contributed by atoms with Gasteiger partial charge in [-0.3, -0.25) is 14.4 Å². The number of aromatic nitrogens is 1. The molecule has 244 valence electrons. The van der Waals surface area contributed by atoms with Gasteiger partial charge >= 0.3 is 0 Å². The lowest BCUT2D eigenvalue weighted by Crippen LogP contribution is -2.30. The number of carbonyl (C=O) groups is 3. The van der Waals surface area contributed by atoms with Gasteiger partial charge in [0.05, 0.1) is 24.7 Å². The number of ether oxygens (including phenoxy) is 2. The van der Waals surface area contributed by atoms with E-state index in [1.54, 1.807) is 54.6 Å². The maximum absolute atomic E-state index is 13.4. The van der Waals surface area contributed by atoms with E-state index in [4.69, 9.17) is 9.47 Å². The Hall–Kier alpha value is -5.39. The minimum Gasteiger partial charge on any atom is -0.494 e. The first-order valence-electron chi connectivity index (χ1n) is 15.2. The van der Waals surface area contributed by atoms with Crippen molar-refractivity contribution in [2.75, 3.05) is 29.6 Å². The van der Waals surface area contributed by atoms with E-state index in [1.165, 1.54) is 23.1 Å². The molecule has 0 unspecified atom stereocenters. The van der Waals surface area contributed by atoms with Crippen LogP contribution in [0.4, 0.5) is 10.8 Å². The molecule has 0 aliphatic heterocycles. The quantitative estimate of drug-likeness (QED) is 0.0812. The van der Waals surface area contributed by atoms with Crippen molar-refractivity contribution < 1.29 is 23.9 Å². The Balaban J connectivity index is 1.17. The number of hydrogen-bond donors (Lipinski definition) is 3. The molecule has 0 fully saturated rings. The number of thioether (sulfide) groups is 1. The van der Waals surface area contributed by atoms with Crippen molar-refractivity contribution in [2.24, 2.45) is 0 Å². The molecule has 0 saturated heterocycles. The summed E-state index contributed by atoms with van der Waals surface area (Å²) in [5.41, 5.74) is 3.47. The van der Waals surface area contributed by atoms with Gasteiger partial charge in [-0.25, -0.2) is 4.98 Å². The Bertz CT molecular complexity index is 1860. The fraction of sp³-hybridized carbons (Fsp3) is 0.135. The molecule has 0 radical (unpaired) electrons. The van der Waals surface area contributed by atoms with Crippen LogP contribution < -0.4 is 25.4 Å². The van der Waals surface area contributed by atoms with E-state index in [0.717, 1.165) is 21.9 Å². The number of benzene rings is 4. The van der Waals surface area contributed by atoms with E-state index in [9.17, 15) is 14.4 Å². The maximum atomic E-state index is 13.4. The summed E-state index contributed by atoms with van der Waals surface area (Å²) in [6.07, 6.45) is 1.61. The van der Waals surface area contributed by atoms with Crippen molar-refractivity contribution in [1.82, 2.24) is 10.3 Å². The first-order chi connectivity index (χ1) is 23.4. The molecule has 0 aliphatic carbocycles. The van der Waals surface area contributed by atoms with Gasteiger partial charge in [-0.05, 0) is 98.3 Å². The smallest absolute Gasteiger partial charge is 0.272 e. The predicted molar refractivity (Wildman–Crippen MR) is 193 cm³/mol.